The van der Waals surface area contributed by atoms with Crippen molar-refractivity contribution in [3.05, 3.63) is 49.6 Å². The van der Waals surface area contributed by atoms with Crippen molar-refractivity contribution in [3.63, 3.8) is 0 Å². The van der Waals surface area contributed by atoms with Gasteiger partial charge >= 0.3 is 0 Å². The van der Waals surface area contributed by atoms with Gasteiger partial charge in [0, 0.05) is 34.5 Å². The Bertz CT molecular complexity index is 614. The molecule has 3 nitrogen and oxygen atoms in total. The Morgan fingerprint density at radius 3 is 2.95 bits per heavy atom. The molecule has 0 aliphatic carbocycles. The average Bonchev–Trinajstić information content (AvgIpc) is 2.70. The second-order valence-electron chi connectivity index (χ2n) is 4.95. The van der Waals surface area contributed by atoms with Crippen molar-refractivity contribution in [1.82, 2.24) is 4.90 Å². The zero-order valence-electron chi connectivity index (χ0n) is 11.4. The minimum Gasteiger partial charge on any atom is -0.492 e. The molecule has 0 spiro atoms. The largest absolute Gasteiger partial charge is 0.492 e. The number of nitrogens with zero attached hydrogens (tertiary/aromatic N) is 1. The molecule has 1 aliphatic heterocycles. The predicted molar refractivity (Wildman–Crippen MR) is 91.2 cm³/mol. The van der Waals surface area contributed by atoms with Crippen LogP contribution >= 0.6 is 38.9 Å². The monoisotopic (exact) mass is 386 g/mol. The fraction of sp³-hybridized carbons (Fsp3) is 0.333. The van der Waals surface area contributed by atoms with E-state index in [2.05, 4.69) is 33.0 Å². The molecule has 2 heterocycles. The topological polar surface area (TPSA) is 38.5 Å². The SMILES string of the molecule is NCC(c1cc(Br)c(Cl)s1)N1CCOc2ccccc2C1. The summed E-state index contributed by atoms with van der Waals surface area (Å²) in [6.07, 6.45) is 0. The van der Waals surface area contributed by atoms with Crippen molar-refractivity contribution in [2.24, 2.45) is 5.73 Å². The summed E-state index contributed by atoms with van der Waals surface area (Å²) in [5, 5.41) is 0. The fourth-order valence-electron chi connectivity index (χ4n) is 2.58. The highest BCUT2D eigenvalue weighted by Crippen LogP contribution is 2.38. The lowest BCUT2D eigenvalue weighted by atomic mass is 10.1. The molecule has 0 bridgehead atoms. The number of para-hydroxylation sites is 1. The van der Waals surface area contributed by atoms with Crippen LogP contribution in [0.3, 0.4) is 0 Å². The van der Waals surface area contributed by atoms with E-state index in [1.807, 2.05) is 18.2 Å². The van der Waals surface area contributed by atoms with Gasteiger partial charge < -0.3 is 10.5 Å². The number of ether oxygens (including phenoxy) is 1. The van der Waals surface area contributed by atoms with Gasteiger partial charge in [0.15, 0.2) is 0 Å². The normalized spacial score (nSPS) is 16.9. The molecule has 2 aromatic rings. The molecule has 1 unspecified atom stereocenters. The van der Waals surface area contributed by atoms with Crippen molar-refractivity contribution in [2.45, 2.75) is 12.6 Å². The second kappa shape index (κ2) is 6.67. The van der Waals surface area contributed by atoms with E-state index in [0.29, 0.717) is 13.2 Å². The van der Waals surface area contributed by atoms with Crippen molar-refractivity contribution in [1.29, 1.82) is 0 Å². The van der Waals surface area contributed by atoms with Crippen LogP contribution in [-0.2, 0) is 6.54 Å². The first kappa shape index (κ1) is 15.3. The van der Waals surface area contributed by atoms with Crippen LogP contribution in [-0.4, -0.2) is 24.6 Å². The van der Waals surface area contributed by atoms with E-state index in [-0.39, 0.29) is 6.04 Å². The lowest BCUT2D eigenvalue weighted by Gasteiger charge is -2.28. The maximum atomic E-state index is 6.17. The van der Waals surface area contributed by atoms with Gasteiger partial charge in [0.05, 0.1) is 6.04 Å². The van der Waals surface area contributed by atoms with Crippen LogP contribution in [0.15, 0.2) is 34.8 Å². The molecule has 0 saturated carbocycles. The predicted octanol–water partition coefficient (Wildman–Crippen LogP) is 4.06. The number of hydrogen-bond acceptors (Lipinski definition) is 4. The number of nitrogens with two attached hydrogens (primary N) is 1. The summed E-state index contributed by atoms with van der Waals surface area (Å²) in [7, 11) is 0. The van der Waals surface area contributed by atoms with Crippen LogP contribution in [0.4, 0.5) is 0 Å². The minimum atomic E-state index is 0.161. The lowest BCUT2D eigenvalue weighted by molar-refractivity contribution is 0.175. The van der Waals surface area contributed by atoms with Gasteiger partial charge in [0.2, 0.25) is 0 Å². The summed E-state index contributed by atoms with van der Waals surface area (Å²) in [5.41, 5.74) is 7.24. The van der Waals surface area contributed by atoms with E-state index in [4.69, 9.17) is 22.1 Å². The zero-order valence-corrected chi connectivity index (χ0v) is 14.5. The van der Waals surface area contributed by atoms with Gasteiger partial charge in [-0.2, -0.15) is 0 Å². The Labute approximate surface area is 141 Å². The molecule has 1 atom stereocenters. The molecule has 112 valence electrons. The van der Waals surface area contributed by atoms with Gasteiger partial charge in [-0.3, -0.25) is 4.90 Å². The molecule has 1 aromatic heterocycles. The quantitative estimate of drug-likeness (QED) is 0.863. The molecule has 3 rings (SSSR count). The number of fused-ring (bicyclic) bond motifs is 1. The molecule has 21 heavy (non-hydrogen) atoms. The van der Waals surface area contributed by atoms with Gasteiger partial charge in [0.1, 0.15) is 16.7 Å². The summed E-state index contributed by atoms with van der Waals surface area (Å²) < 4.78 is 7.54. The number of halogens is 2. The Morgan fingerprint density at radius 1 is 1.43 bits per heavy atom. The molecular weight excluding hydrogens is 372 g/mol. The van der Waals surface area contributed by atoms with Crippen LogP contribution in [0.5, 0.6) is 5.75 Å². The first-order chi connectivity index (χ1) is 10.2. The molecule has 0 saturated heterocycles. The van der Waals surface area contributed by atoms with Gasteiger partial charge in [-0.1, -0.05) is 29.8 Å². The van der Waals surface area contributed by atoms with E-state index in [9.17, 15) is 0 Å². The number of rotatable bonds is 3. The van der Waals surface area contributed by atoms with Crippen LogP contribution in [0.2, 0.25) is 4.34 Å². The maximum Gasteiger partial charge on any atom is 0.123 e. The van der Waals surface area contributed by atoms with E-state index in [1.165, 1.54) is 10.4 Å². The van der Waals surface area contributed by atoms with Gasteiger partial charge in [0.25, 0.3) is 0 Å². The first-order valence-corrected chi connectivity index (χ1v) is 8.77. The Morgan fingerprint density at radius 2 is 2.24 bits per heavy atom. The van der Waals surface area contributed by atoms with E-state index in [1.54, 1.807) is 11.3 Å². The standard InChI is InChI=1S/C15H16BrClN2OS/c16-11-7-14(21-15(11)17)12(8-18)19-5-6-20-13-4-2-1-3-10(13)9-19/h1-4,7,12H,5-6,8-9,18H2. The van der Waals surface area contributed by atoms with Gasteiger partial charge in [-0.25, -0.2) is 0 Å². The second-order valence-corrected chi connectivity index (χ2v) is 7.49. The molecular formula is C15H16BrClN2OS. The highest BCUT2D eigenvalue weighted by molar-refractivity contribution is 9.10. The van der Waals surface area contributed by atoms with Crippen molar-refractivity contribution in [2.75, 3.05) is 19.7 Å². The number of hydrogen-bond donors (Lipinski definition) is 1. The Balaban J connectivity index is 1.87. The zero-order chi connectivity index (χ0) is 14.8. The van der Waals surface area contributed by atoms with Crippen molar-refractivity contribution < 1.29 is 4.74 Å². The Kier molecular flexibility index (Phi) is 4.86. The summed E-state index contributed by atoms with van der Waals surface area (Å²) in [4.78, 5) is 3.55. The van der Waals surface area contributed by atoms with E-state index < -0.39 is 0 Å². The Hall–Kier alpha value is -0.590. The molecule has 6 heteroatoms. The number of thiophene rings is 1. The smallest absolute Gasteiger partial charge is 0.123 e. The van der Waals surface area contributed by atoms with Crippen molar-refractivity contribution >= 4 is 38.9 Å². The van der Waals surface area contributed by atoms with E-state index in [0.717, 1.165) is 27.6 Å². The molecule has 1 aliphatic rings. The first-order valence-electron chi connectivity index (χ1n) is 6.78. The maximum absolute atomic E-state index is 6.17. The minimum absolute atomic E-state index is 0.161. The van der Waals surface area contributed by atoms with E-state index >= 15 is 0 Å². The highest BCUT2D eigenvalue weighted by atomic mass is 79.9. The fourth-order valence-corrected chi connectivity index (χ4v) is 4.47. The van der Waals surface area contributed by atoms with Crippen LogP contribution in [0, 0.1) is 0 Å². The molecule has 0 radical (unpaired) electrons. The summed E-state index contributed by atoms with van der Waals surface area (Å²) in [5.74, 6) is 0.973. The molecule has 1 aromatic carbocycles. The highest BCUT2D eigenvalue weighted by Gasteiger charge is 2.25. The van der Waals surface area contributed by atoms with Crippen LogP contribution < -0.4 is 10.5 Å². The molecule has 2 N–H and O–H groups in total. The van der Waals surface area contributed by atoms with Crippen LogP contribution in [0.25, 0.3) is 0 Å². The molecule has 0 fully saturated rings. The van der Waals surface area contributed by atoms with Crippen molar-refractivity contribution in [3.8, 4) is 5.75 Å². The van der Waals surface area contributed by atoms with Crippen LogP contribution in [0.1, 0.15) is 16.5 Å². The average molecular weight is 388 g/mol. The number of benzene rings is 1. The summed E-state index contributed by atoms with van der Waals surface area (Å²) in [6.45, 7) is 2.92. The third-order valence-electron chi connectivity index (χ3n) is 3.64. The summed E-state index contributed by atoms with van der Waals surface area (Å²) in [6, 6.07) is 10.4. The molecule has 0 amide bonds. The van der Waals surface area contributed by atoms with Gasteiger partial charge in [-0.15, -0.1) is 11.3 Å². The lowest BCUT2D eigenvalue weighted by Crippen LogP contribution is -2.34. The third-order valence-corrected chi connectivity index (χ3v) is 6.21. The summed E-state index contributed by atoms with van der Waals surface area (Å²) >= 11 is 11.2. The van der Waals surface area contributed by atoms with Gasteiger partial charge in [-0.05, 0) is 28.1 Å². The third kappa shape index (κ3) is 3.27.